The molecule has 0 aromatic carbocycles. The smallest absolute Gasteiger partial charge is 0.121 e. The Morgan fingerprint density at radius 3 is 3.00 bits per heavy atom. The van der Waals surface area contributed by atoms with E-state index in [1.165, 1.54) is 0 Å². The molecule has 0 aliphatic carbocycles. The molecule has 1 heterocycles. The molecular formula is C9H15NO2. The largest absolute Gasteiger partial charge is 0.388 e. The molecule has 0 spiro atoms. The first kappa shape index (κ1) is 9.29. The standard InChI is InChI=1S/C9H15NO2/c1-3-9(11)8-4-5-10(6-8)7-12-2/h4-6,9,11H,3,7H2,1-2H3. The monoisotopic (exact) mass is 169 g/mol. The van der Waals surface area contributed by atoms with E-state index in [-0.39, 0.29) is 6.10 Å². The first-order valence-corrected chi connectivity index (χ1v) is 4.10. The SMILES string of the molecule is CCC(O)c1ccn(COC)c1. The average molecular weight is 169 g/mol. The summed E-state index contributed by atoms with van der Waals surface area (Å²) in [6, 6.07) is 1.91. The Hall–Kier alpha value is -0.800. The zero-order valence-electron chi connectivity index (χ0n) is 7.53. The van der Waals surface area contributed by atoms with Gasteiger partial charge >= 0.3 is 0 Å². The summed E-state index contributed by atoms with van der Waals surface area (Å²) in [6.45, 7) is 2.49. The molecule has 0 bridgehead atoms. The van der Waals surface area contributed by atoms with Crippen LogP contribution in [0.25, 0.3) is 0 Å². The van der Waals surface area contributed by atoms with Gasteiger partial charge in [-0.1, -0.05) is 6.92 Å². The highest BCUT2D eigenvalue weighted by atomic mass is 16.5. The summed E-state index contributed by atoms with van der Waals surface area (Å²) in [5, 5.41) is 9.46. The summed E-state index contributed by atoms with van der Waals surface area (Å²) in [6.07, 6.45) is 4.20. The Morgan fingerprint density at radius 1 is 1.67 bits per heavy atom. The number of aromatic nitrogens is 1. The van der Waals surface area contributed by atoms with Crippen LogP contribution in [0.2, 0.25) is 0 Å². The maximum Gasteiger partial charge on any atom is 0.121 e. The van der Waals surface area contributed by atoms with Crippen molar-refractivity contribution in [3.63, 3.8) is 0 Å². The topological polar surface area (TPSA) is 34.4 Å². The van der Waals surface area contributed by atoms with Crippen LogP contribution in [-0.4, -0.2) is 16.8 Å². The minimum atomic E-state index is -0.344. The van der Waals surface area contributed by atoms with Gasteiger partial charge in [-0.3, -0.25) is 0 Å². The highest BCUT2D eigenvalue weighted by Gasteiger charge is 2.05. The average Bonchev–Trinajstić information content (AvgIpc) is 2.52. The molecule has 0 saturated carbocycles. The normalized spacial score (nSPS) is 13.2. The van der Waals surface area contributed by atoms with E-state index in [0.29, 0.717) is 6.73 Å². The second-order valence-corrected chi connectivity index (χ2v) is 2.80. The minimum absolute atomic E-state index is 0.344. The van der Waals surface area contributed by atoms with E-state index in [1.54, 1.807) is 7.11 Å². The number of methoxy groups -OCH3 is 1. The van der Waals surface area contributed by atoms with Crippen LogP contribution in [-0.2, 0) is 11.5 Å². The van der Waals surface area contributed by atoms with Gasteiger partial charge in [-0.05, 0) is 18.1 Å². The van der Waals surface area contributed by atoms with Gasteiger partial charge in [0.1, 0.15) is 6.73 Å². The van der Waals surface area contributed by atoms with Gasteiger partial charge < -0.3 is 14.4 Å². The van der Waals surface area contributed by atoms with Gasteiger partial charge in [0, 0.05) is 19.5 Å². The number of aliphatic hydroxyl groups is 1. The molecule has 0 saturated heterocycles. The molecule has 0 amide bonds. The second-order valence-electron chi connectivity index (χ2n) is 2.80. The second kappa shape index (κ2) is 4.28. The highest BCUT2D eigenvalue weighted by Crippen LogP contribution is 2.15. The van der Waals surface area contributed by atoms with Crippen molar-refractivity contribution in [3.05, 3.63) is 24.0 Å². The van der Waals surface area contributed by atoms with Gasteiger partial charge in [-0.15, -0.1) is 0 Å². The van der Waals surface area contributed by atoms with E-state index in [0.717, 1.165) is 12.0 Å². The zero-order valence-corrected chi connectivity index (χ0v) is 7.53. The van der Waals surface area contributed by atoms with Crippen molar-refractivity contribution >= 4 is 0 Å². The lowest BCUT2D eigenvalue weighted by Gasteiger charge is -2.03. The van der Waals surface area contributed by atoms with Crippen molar-refractivity contribution in [2.75, 3.05) is 7.11 Å². The number of nitrogens with zero attached hydrogens (tertiary/aromatic N) is 1. The van der Waals surface area contributed by atoms with E-state index < -0.39 is 0 Å². The Labute approximate surface area is 72.6 Å². The molecule has 1 aromatic rings. The lowest BCUT2D eigenvalue weighted by atomic mass is 10.1. The predicted octanol–water partition coefficient (Wildman–Crippen LogP) is 1.54. The maximum atomic E-state index is 9.46. The molecule has 1 rings (SSSR count). The molecule has 68 valence electrons. The molecule has 12 heavy (non-hydrogen) atoms. The fourth-order valence-corrected chi connectivity index (χ4v) is 1.12. The van der Waals surface area contributed by atoms with Gasteiger partial charge in [0.25, 0.3) is 0 Å². The van der Waals surface area contributed by atoms with E-state index in [1.807, 2.05) is 30.0 Å². The van der Waals surface area contributed by atoms with Crippen molar-refractivity contribution in [2.45, 2.75) is 26.2 Å². The van der Waals surface area contributed by atoms with Gasteiger partial charge in [0.05, 0.1) is 6.10 Å². The van der Waals surface area contributed by atoms with Gasteiger partial charge in [0.15, 0.2) is 0 Å². The molecule has 1 unspecified atom stereocenters. The Balaban J connectivity index is 2.63. The third-order valence-corrected chi connectivity index (χ3v) is 1.82. The molecule has 1 N–H and O–H groups in total. The summed E-state index contributed by atoms with van der Waals surface area (Å²) >= 11 is 0. The van der Waals surface area contributed by atoms with Crippen LogP contribution in [0, 0.1) is 0 Å². The van der Waals surface area contributed by atoms with Gasteiger partial charge in [-0.25, -0.2) is 0 Å². The summed E-state index contributed by atoms with van der Waals surface area (Å²) in [7, 11) is 1.65. The number of rotatable bonds is 4. The van der Waals surface area contributed by atoms with Crippen molar-refractivity contribution in [2.24, 2.45) is 0 Å². The molecule has 0 radical (unpaired) electrons. The van der Waals surface area contributed by atoms with Crippen LogP contribution in [0.4, 0.5) is 0 Å². The maximum absolute atomic E-state index is 9.46. The van der Waals surface area contributed by atoms with Crippen LogP contribution in [0.15, 0.2) is 18.5 Å². The molecule has 0 aliphatic heterocycles. The highest BCUT2D eigenvalue weighted by molar-refractivity contribution is 5.12. The fraction of sp³-hybridized carbons (Fsp3) is 0.556. The molecule has 3 nitrogen and oxygen atoms in total. The molecule has 0 aliphatic rings. The summed E-state index contributed by atoms with van der Waals surface area (Å²) in [5.41, 5.74) is 0.953. The van der Waals surface area contributed by atoms with Crippen LogP contribution in [0.5, 0.6) is 0 Å². The van der Waals surface area contributed by atoms with Crippen molar-refractivity contribution in [3.8, 4) is 0 Å². The van der Waals surface area contributed by atoms with E-state index in [4.69, 9.17) is 4.74 Å². The molecule has 1 atom stereocenters. The fourth-order valence-electron chi connectivity index (χ4n) is 1.12. The summed E-state index contributed by atoms with van der Waals surface area (Å²) < 4.78 is 6.83. The third kappa shape index (κ3) is 2.09. The minimum Gasteiger partial charge on any atom is -0.388 e. The summed E-state index contributed by atoms with van der Waals surface area (Å²) in [5.74, 6) is 0. The number of aliphatic hydroxyl groups excluding tert-OH is 1. The Bertz CT molecular complexity index is 232. The molecule has 1 aromatic heterocycles. The van der Waals surface area contributed by atoms with E-state index in [9.17, 15) is 5.11 Å². The molecular weight excluding hydrogens is 154 g/mol. The lowest BCUT2D eigenvalue weighted by molar-refractivity contribution is 0.130. The van der Waals surface area contributed by atoms with E-state index in [2.05, 4.69) is 0 Å². The predicted molar refractivity (Wildman–Crippen MR) is 46.7 cm³/mol. The van der Waals surface area contributed by atoms with Crippen LogP contribution in [0.1, 0.15) is 25.0 Å². The van der Waals surface area contributed by atoms with E-state index >= 15 is 0 Å². The van der Waals surface area contributed by atoms with Gasteiger partial charge in [0.2, 0.25) is 0 Å². The Kier molecular flexibility index (Phi) is 3.31. The molecule has 0 fully saturated rings. The zero-order chi connectivity index (χ0) is 8.97. The summed E-state index contributed by atoms with van der Waals surface area (Å²) in [4.78, 5) is 0. The number of ether oxygens (including phenoxy) is 1. The van der Waals surface area contributed by atoms with Crippen LogP contribution < -0.4 is 0 Å². The number of hydrogen-bond donors (Lipinski definition) is 1. The first-order chi connectivity index (χ1) is 5.77. The van der Waals surface area contributed by atoms with Crippen LogP contribution >= 0.6 is 0 Å². The number of hydrogen-bond acceptors (Lipinski definition) is 2. The lowest BCUT2D eigenvalue weighted by Crippen LogP contribution is -1.97. The molecule has 3 heteroatoms. The van der Waals surface area contributed by atoms with Crippen molar-refractivity contribution < 1.29 is 9.84 Å². The van der Waals surface area contributed by atoms with Crippen LogP contribution in [0.3, 0.4) is 0 Å². The first-order valence-electron chi connectivity index (χ1n) is 4.10. The van der Waals surface area contributed by atoms with Crippen molar-refractivity contribution in [1.82, 2.24) is 4.57 Å². The van der Waals surface area contributed by atoms with Crippen molar-refractivity contribution in [1.29, 1.82) is 0 Å². The third-order valence-electron chi connectivity index (χ3n) is 1.82. The Morgan fingerprint density at radius 2 is 2.42 bits per heavy atom. The quantitative estimate of drug-likeness (QED) is 0.741. The van der Waals surface area contributed by atoms with Gasteiger partial charge in [-0.2, -0.15) is 0 Å².